The van der Waals surface area contributed by atoms with Crippen molar-refractivity contribution in [2.45, 2.75) is 32.7 Å². The number of carbonyl (C=O) groups excluding carboxylic acids is 1. The number of amides is 1. The molecule has 0 aliphatic rings. The summed E-state index contributed by atoms with van der Waals surface area (Å²) in [5, 5.41) is 2.95. The molecule has 1 unspecified atom stereocenters. The highest BCUT2D eigenvalue weighted by molar-refractivity contribution is 5.93. The smallest absolute Gasteiger partial charge is 0.252 e. The van der Waals surface area contributed by atoms with Gasteiger partial charge in [-0.2, -0.15) is 0 Å². The molecular weight excluding hydrogens is 356 g/mol. The molecule has 7 nitrogen and oxygen atoms in total. The van der Waals surface area contributed by atoms with Crippen LogP contribution in [0.1, 0.15) is 47.9 Å². The molecule has 1 atom stereocenters. The van der Waals surface area contributed by atoms with E-state index in [2.05, 4.69) is 17.2 Å². The van der Waals surface area contributed by atoms with E-state index in [4.69, 9.17) is 10.5 Å². The Balaban J connectivity index is 2.04. The zero-order chi connectivity index (χ0) is 20.4. The molecule has 0 aromatic carbocycles. The molecule has 2 rings (SSSR count). The number of hydrogen-bond acceptors (Lipinski definition) is 5. The molecule has 150 valence electrons. The first-order chi connectivity index (χ1) is 13.6. The van der Waals surface area contributed by atoms with Crippen molar-refractivity contribution < 1.29 is 9.53 Å². The van der Waals surface area contributed by atoms with Crippen LogP contribution in [-0.4, -0.2) is 35.2 Å². The van der Waals surface area contributed by atoms with Crippen molar-refractivity contribution in [2.24, 2.45) is 5.73 Å². The zero-order valence-corrected chi connectivity index (χ0v) is 16.4. The monoisotopic (exact) mass is 384 g/mol. The Morgan fingerprint density at radius 3 is 2.86 bits per heavy atom. The van der Waals surface area contributed by atoms with E-state index in [1.54, 1.807) is 18.3 Å². The van der Waals surface area contributed by atoms with Gasteiger partial charge in [-0.15, -0.1) is 0 Å². The molecule has 0 spiro atoms. The normalized spacial score (nSPS) is 12.2. The van der Waals surface area contributed by atoms with Gasteiger partial charge >= 0.3 is 0 Å². The van der Waals surface area contributed by atoms with Gasteiger partial charge in [-0.05, 0) is 43.8 Å². The van der Waals surface area contributed by atoms with Crippen molar-refractivity contribution in [1.29, 1.82) is 0 Å². The van der Waals surface area contributed by atoms with Crippen molar-refractivity contribution in [2.75, 3.05) is 19.8 Å². The summed E-state index contributed by atoms with van der Waals surface area (Å²) in [7, 11) is 0. The van der Waals surface area contributed by atoms with Crippen LogP contribution in [0.2, 0.25) is 0 Å². The maximum absolute atomic E-state index is 12.6. The third kappa shape index (κ3) is 6.06. The molecule has 0 fully saturated rings. The SMILES string of the molecule is CCOCCn1cc(C(=O)NCC(CC)c2cccc(/C=C\N)n2)ccc1=O. The maximum Gasteiger partial charge on any atom is 0.252 e. The Morgan fingerprint density at radius 2 is 2.14 bits per heavy atom. The average Bonchev–Trinajstić information content (AvgIpc) is 2.70. The van der Waals surface area contributed by atoms with Gasteiger partial charge in [-0.3, -0.25) is 14.6 Å². The second-order valence-corrected chi connectivity index (χ2v) is 6.31. The fourth-order valence-corrected chi connectivity index (χ4v) is 2.81. The first-order valence-corrected chi connectivity index (χ1v) is 9.50. The Morgan fingerprint density at radius 1 is 1.32 bits per heavy atom. The number of rotatable bonds is 10. The van der Waals surface area contributed by atoms with E-state index in [1.807, 2.05) is 25.1 Å². The van der Waals surface area contributed by atoms with E-state index in [0.29, 0.717) is 31.9 Å². The van der Waals surface area contributed by atoms with Crippen molar-refractivity contribution >= 4 is 12.0 Å². The number of aromatic nitrogens is 2. The number of hydrogen-bond donors (Lipinski definition) is 2. The molecule has 0 radical (unpaired) electrons. The molecule has 0 saturated carbocycles. The van der Waals surface area contributed by atoms with E-state index in [9.17, 15) is 9.59 Å². The molecule has 7 heteroatoms. The van der Waals surface area contributed by atoms with Gasteiger partial charge in [0, 0.05) is 43.6 Å². The first kappa shape index (κ1) is 21.4. The van der Waals surface area contributed by atoms with Crippen LogP contribution in [0.5, 0.6) is 0 Å². The molecule has 0 aliphatic carbocycles. The summed E-state index contributed by atoms with van der Waals surface area (Å²) in [5.41, 5.74) is 7.41. The van der Waals surface area contributed by atoms with Crippen LogP contribution in [0, 0.1) is 0 Å². The predicted molar refractivity (Wildman–Crippen MR) is 110 cm³/mol. The van der Waals surface area contributed by atoms with E-state index >= 15 is 0 Å². The molecule has 2 aromatic heterocycles. The van der Waals surface area contributed by atoms with Crippen molar-refractivity contribution in [3.8, 4) is 0 Å². The van der Waals surface area contributed by atoms with Gasteiger partial charge in [0.1, 0.15) is 0 Å². The third-order valence-electron chi connectivity index (χ3n) is 4.41. The Hall–Kier alpha value is -2.93. The number of nitrogens with two attached hydrogens (primary N) is 1. The van der Waals surface area contributed by atoms with Gasteiger partial charge in [0.2, 0.25) is 0 Å². The van der Waals surface area contributed by atoms with Crippen LogP contribution < -0.4 is 16.6 Å². The summed E-state index contributed by atoms with van der Waals surface area (Å²) in [6, 6.07) is 8.70. The zero-order valence-electron chi connectivity index (χ0n) is 16.4. The van der Waals surface area contributed by atoms with E-state index in [0.717, 1.165) is 17.8 Å². The summed E-state index contributed by atoms with van der Waals surface area (Å²) >= 11 is 0. The lowest BCUT2D eigenvalue weighted by Gasteiger charge is -2.16. The van der Waals surface area contributed by atoms with Crippen LogP contribution in [0.25, 0.3) is 6.08 Å². The largest absolute Gasteiger partial charge is 0.405 e. The van der Waals surface area contributed by atoms with Gasteiger partial charge < -0.3 is 20.4 Å². The summed E-state index contributed by atoms with van der Waals surface area (Å²) in [6.45, 7) is 5.83. The topological polar surface area (TPSA) is 99.2 Å². The van der Waals surface area contributed by atoms with E-state index in [-0.39, 0.29) is 17.4 Å². The van der Waals surface area contributed by atoms with Crippen LogP contribution in [0.15, 0.2) is 47.5 Å². The molecule has 0 bridgehead atoms. The minimum Gasteiger partial charge on any atom is -0.405 e. The minimum atomic E-state index is -0.221. The molecule has 2 heterocycles. The fraction of sp³-hybridized carbons (Fsp3) is 0.381. The van der Waals surface area contributed by atoms with Crippen LogP contribution in [0.4, 0.5) is 0 Å². The number of nitrogens with zero attached hydrogens (tertiary/aromatic N) is 2. The number of ether oxygens (including phenoxy) is 1. The number of pyridine rings is 2. The van der Waals surface area contributed by atoms with E-state index < -0.39 is 0 Å². The lowest BCUT2D eigenvalue weighted by molar-refractivity contribution is 0.0949. The Bertz CT molecular complexity index is 861. The molecule has 2 aromatic rings. The van der Waals surface area contributed by atoms with Crippen molar-refractivity contribution in [3.63, 3.8) is 0 Å². The third-order valence-corrected chi connectivity index (χ3v) is 4.41. The average molecular weight is 384 g/mol. The second-order valence-electron chi connectivity index (χ2n) is 6.31. The summed E-state index contributed by atoms with van der Waals surface area (Å²) in [5.74, 6) is -0.138. The summed E-state index contributed by atoms with van der Waals surface area (Å²) in [4.78, 5) is 29.1. The molecule has 1 amide bonds. The van der Waals surface area contributed by atoms with Gasteiger partial charge in [-0.25, -0.2) is 0 Å². The molecule has 0 aliphatic heterocycles. The fourth-order valence-electron chi connectivity index (χ4n) is 2.81. The van der Waals surface area contributed by atoms with Gasteiger partial charge in [0.05, 0.1) is 17.9 Å². The van der Waals surface area contributed by atoms with Gasteiger partial charge in [-0.1, -0.05) is 13.0 Å². The number of nitrogens with one attached hydrogen (secondary N) is 1. The van der Waals surface area contributed by atoms with Crippen LogP contribution >= 0.6 is 0 Å². The molecular formula is C21H28N4O3. The highest BCUT2D eigenvalue weighted by atomic mass is 16.5. The van der Waals surface area contributed by atoms with Gasteiger partial charge in [0.15, 0.2) is 0 Å². The maximum atomic E-state index is 12.6. The standard InChI is InChI=1S/C21H28N4O3/c1-3-16(19-7-5-6-18(24-19)10-11-22)14-23-21(27)17-8-9-20(26)25(15-17)12-13-28-4-2/h5-11,15-16H,3-4,12-14,22H2,1-2H3,(H,23,27)/b11-10-. The highest BCUT2D eigenvalue weighted by Crippen LogP contribution is 2.17. The van der Waals surface area contributed by atoms with E-state index in [1.165, 1.54) is 16.8 Å². The second kappa shape index (κ2) is 11.0. The molecule has 3 N–H and O–H groups in total. The minimum absolute atomic E-state index is 0.0823. The Labute approximate surface area is 165 Å². The Kier molecular flexibility index (Phi) is 8.42. The lowest BCUT2D eigenvalue weighted by atomic mass is 10.0. The predicted octanol–water partition coefficient (Wildman–Crippen LogP) is 2.13. The van der Waals surface area contributed by atoms with Crippen LogP contribution in [-0.2, 0) is 11.3 Å². The molecule has 28 heavy (non-hydrogen) atoms. The first-order valence-electron chi connectivity index (χ1n) is 9.50. The summed E-state index contributed by atoms with van der Waals surface area (Å²) in [6.07, 6.45) is 5.59. The van der Waals surface area contributed by atoms with Crippen molar-refractivity contribution in [3.05, 3.63) is 70.0 Å². The molecule has 0 saturated heterocycles. The van der Waals surface area contributed by atoms with Crippen molar-refractivity contribution in [1.82, 2.24) is 14.9 Å². The van der Waals surface area contributed by atoms with Gasteiger partial charge in [0.25, 0.3) is 11.5 Å². The lowest BCUT2D eigenvalue weighted by Crippen LogP contribution is -2.30. The quantitative estimate of drug-likeness (QED) is 0.612. The van der Waals surface area contributed by atoms with Crippen LogP contribution in [0.3, 0.4) is 0 Å². The number of carbonyl (C=O) groups is 1. The highest BCUT2D eigenvalue weighted by Gasteiger charge is 2.14. The summed E-state index contributed by atoms with van der Waals surface area (Å²) < 4.78 is 6.77.